The van der Waals surface area contributed by atoms with Crippen molar-refractivity contribution in [2.75, 3.05) is 49.3 Å². The van der Waals surface area contributed by atoms with Crippen molar-refractivity contribution in [3.63, 3.8) is 0 Å². The highest BCUT2D eigenvalue weighted by molar-refractivity contribution is 7.81. The largest absolute Gasteiger partial charge is 0.755 e. The molecule has 3 heterocycles. The van der Waals surface area contributed by atoms with Crippen LogP contribution in [-0.2, 0) is 32.0 Å². The van der Waals surface area contributed by atoms with Crippen molar-refractivity contribution in [3.05, 3.63) is 36.2 Å². The molecule has 4 rings (SSSR count). The predicted octanol–water partition coefficient (Wildman–Crippen LogP) is 1.72. The van der Waals surface area contributed by atoms with Crippen molar-refractivity contribution in [2.24, 2.45) is 0 Å². The molecular weight excluding hydrogens is 532 g/mol. The zero-order chi connectivity index (χ0) is 27.6. The minimum Gasteiger partial charge on any atom is -0.755 e. The molecule has 204 valence electrons. The maximum atomic E-state index is 13.6. The number of ether oxygens (including phenoxy) is 2. The standard InChI is InChI=1S/C24H30N6O6S2/c1-5-36-23(32)18(11-15-10-14-6-8-26-21(25)16(14)12-19(15)35-4)29-9-7-17(22(29)31)30(38(33)34)20-13-27-24(37-20)28(2)3/h6,8,10,12-13,17-18H,5,7,9,11H2,1-4H3,(H2,25,26)(H,33,34)/p-1/t17-,18+/m0/s1. The molecule has 38 heavy (non-hydrogen) atoms. The van der Waals surface area contributed by atoms with E-state index < -0.39 is 35.2 Å². The number of nitrogen functional groups attached to an aromatic ring is 1. The van der Waals surface area contributed by atoms with Crippen molar-refractivity contribution in [1.29, 1.82) is 0 Å². The Labute approximate surface area is 226 Å². The Bertz CT molecular complexity index is 1370. The number of amides is 1. The quantitative estimate of drug-likeness (QED) is 0.286. The van der Waals surface area contributed by atoms with Gasteiger partial charge in [0.05, 0.1) is 19.9 Å². The molecule has 14 heteroatoms. The molecule has 1 aliphatic heterocycles. The first kappa shape index (κ1) is 27.5. The first-order valence-corrected chi connectivity index (χ1v) is 13.7. The van der Waals surface area contributed by atoms with Gasteiger partial charge in [0.15, 0.2) is 5.13 Å². The number of nitrogens with two attached hydrogens (primary N) is 1. The molecule has 0 spiro atoms. The van der Waals surface area contributed by atoms with Gasteiger partial charge in [0.2, 0.25) is 5.91 Å². The molecule has 3 atom stereocenters. The third-order valence-corrected chi connectivity index (χ3v) is 8.33. The average Bonchev–Trinajstić information content (AvgIpc) is 3.50. The molecule has 2 aromatic heterocycles. The molecule has 1 aromatic carbocycles. The van der Waals surface area contributed by atoms with Crippen LogP contribution in [0, 0.1) is 0 Å². The van der Waals surface area contributed by atoms with Gasteiger partial charge in [-0.3, -0.25) is 13.3 Å². The summed E-state index contributed by atoms with van der Waals surface area (Å²) in [6.45, 7) is 1.99. The van der Waals surface area contributed by atoms with E-state index in [1.54, 1.807) is 44.2 Å². The van der Waals surface area contributed by atoms with Crippen LogP contribution in [0.1, 0.15) is 18.9 Å². The number of nitrogens with zero attached hydrogens (tertiary/aromatic N) is 5. The van der Waals surface area contributed by atoms with Crippen LogP contribution in [0.3, 0.4) is 0 Å². The highest BCUT2D eigenvalue weighted by Gasteiger charge is 2.43. The van der Waals surface area contributed by atoms with Crippen molar-refractivity contribution in [2.45, 2.75) is 31.8 Å². The molecule has 0 radical (unpaired) electrons. The Balaban J connectivity index is 1.67. The SMILES string of the molecule is CCOC(=O)[C@@H](Cc1cc2ccnc(N)c2cc1OC)N1CC[C@H](N(c2cnc(N(C)C)s2)S(=O)[O-])C1=O. The van der Waals surface area contributed by atoms with Crippen LogP contribution in [0.4, 0.5) is 16.0 Å². The number of carbonyl (C=O) groups is 2. The van der Waals surface area contributed by atoms with E-state index >= 15 is 0 Å². The van der Waals surface area contributed by atoms with E-state index in [-0.39, 0.29) is 26.0 Å². The van der Waals surface area contributed by atoms with Crippen LogP contribution in [0.2, 0.25) is 0 Å². The van der Waals surface area contributed by atoms with E-state index in [2.05, 4.69) is 9.97 Å². The molecule has 1 fully saturated rings. The third-order valence-electron chi connectivity index (χ3n) is 6.28. The van der Waals surface area contributed by atoms with Gasteiger partial charge < -0.3 is 29.6 Å². The van der Waals surface area contributed by atoms with E-state index in [9.17, 15) is 18.4 Å². The van der Waals surface area contributed by atoms with E-state index in [1.165, 1.54) is 18.2 Å². The Kier molecular flexibility index (Phi) is 8.33. The van der Waals surface area contributed by atoms with Gasteiger partial charge in [-0.15, -0.1) is 0 Å². The number of esters is 1. The monoisotopic (exact) mass is 561 g/mol. The van der Waals surface area contributed by atoms with Crippen molar-refractivity contribution < 1.29 is 27.8 Å². The van der Waals surface area contributed by atoms with Gasteiger partial charge in [-0.05, 0) is 42.5 Å². The van der Waals surface area contributed by atoms with Gasteiger partial charge in [0.1, 0.15) is 28.7 Å². The molecule has 12 nitrogen and oxygen atoms in total. The second kappa shape index (κ2) is 11.5. The molecular formula is C24H29N6O6S2-. The smallest absolute Gasteiger partial charge is 0.329 e. The zero-order valence-electron chi connectivity index (χ0n) is 21.4. The molecule has 2 N–H and O–H groups in total. The summed E-state index contributed by atoms with van der Waals surface area (Å²) in [7, 11) is 5.09. The molecule has 0 bridgehead atoms. The summed E-state index contributed by atoms with van der Waals surface area (Å²) in [4.78, 5) is 38.2. The Morgan fingerprint density at radius 2 is 2.13 bits per heavy atom. The lowest BCUT2D eigenvalue weighted by molar-refractivity contribution is -0.153. The first-order valence-electron chi connectivity index (χ1n) is 11.9. The van der Waals surface area contributed by atoms with Gasteiger partial charge in [-0.25, -0.2) is 14.8 Å². The molecule has 0 saturated carbocycles. The fourth-order valence-corrected chi connectivity index (χ4v) is 6.19. The normalized spacial score (nSPS) is 16.9. The van der Waals surface area contributed by atoms with Crippen LogP contribution in [0.25, 0.3) is 10.8 Å². The second-order valence-corrected chi connectivity index (χ2v) is 10.6. The molecule has 1 unspecified atom stereocenters. The highest BCUT2D eigenvalue weighted by Crippen LogP contribution is 2.35. The Hall–Kier alpha value is -3.49. The van der Waals surface area contributed by atoms with E-state index in [4.69, 9.17) is 15.2 Å². The topological polar surface area (TPSA) is 154 Å². The number of carbonyl (C=O) groups excluding carboxylic acids is 2. The van der Waals surface area contributed by atoms with Gasteiger partial charge in [-0.1, -0.05) is 11.3 Å². The van der Waals surface area contributed by atoms with Crippen LogP contribution >= 0.6 is 11.3 Å². The fraction of sp³-hybridized carbons (Fsp3) is 0.417. The lowest BCUT2D eigenvalue weighted by Gasteiger charge is -2.31. The fourth-order valence-electron chi connectivity index (χ4n) is 4.50. The molecule has 1 aliphatic rings. The average molecular weight is 562 g/mol. The number of aromatic nitrogens is 2. The summed E-state index contributed by atoms with van der Waals surface area (Å²) < 4.78 is 36.4. The van der Waals surface area contributed by atoms with Gasteiger partial charge in [-0.2, -0.15) is 0 Å². The summed E-state index contributed by atoms with van der Waals surface area (Å²) in [5.74, 6) is -0.239. The summed E-state index contributed by atoms with van der Waals surface area (Å²) in [5.41, 5.74) is 6.68. The zero-order valence-corrected chi connectivity index (χ0v) is 23.1. The van der Waals surface area contributed by atoms with Crippen LogP contribution in [-0.4, -0.2) is 81.9 Å². The van der Waals surface area contributed by atoms with Gasteiger partial charge in [0, 0.05) is 49.9 Å². The summed E-state index contributed by atoms with van der Waals surface area (Å²) >= 11 is -1.58. The number of benzene rings is 1. The van der Waals surface area contributed by atoms with Crippen LogP contribution < -0.4 is 19.7 Å². The highest BCUT2D eigenvalue weighted by atomic mass is 32.2. The summed E-state index contributed by atoms with van der Waals surface area (Å²) in [5, 5.41) is 2.42. The number of thiazole rings is 1. The molecule has 3 aromatic rings. The Morgan fingerprint density at radius 1 is 1.37 bits per heavy atom. The number of anilines is 3. The van der Waals surface area contributed by atoms with E-state index in [1.807, 2.05) is 6.07 Å². The number of methoxy groups -OCH3 is 1. The number of likely N-dealkylation sites (tertiary alicyclic amines) is 1. The molecule has 0 aliphatic carbocycles. The summed E-state index contributed by atoms with van der Waals surface area (Å²) in [6.07, 6.45) is 3.32. The van der Waals surface area contributed by atoms with E-state index in [0.29, 0.717) is 32.6 Å². The third kappa shape index (κ3) is 5.37. The number of pyridine rings is 1. The summed E-state index contributed by atoms with van der Waals surface area (Å²) in [6, 6.07) is 3.39. The predicted molar refractivity (Wildman–Crippen MR) is 145 cm³/mol. The minimum absolute atomic E-state index is 0.102. The number of fused-ring (bicyclic) bond motifs is 1. The minimum atomic E-state index is -2.73. The number of rotatable bonds is 10. The van der Waals surface area contributed by atoms with Gasteiger partial charge in [0.25, 0.3) is 0 Å². The van der Waals surface area contributed by atoms with Crippen molar-refractivity contribution >= 4 is 61.2 Å². The van der Waals surface area contributed by atoms with E-state index in [0.717, 1.165) is 21.0 Å². The van der Waals surface area contributed by atoms with Crippen molar-refractivity contribution in [1.82, 2.24) is 14.9 Å². The lowest BCUT2D eigenvalue weighted by atomic mass is 10.00. The maximum absolute atomic E-state index is 13.6. The number of hydrogen-bond donors (Lipinski definition) is 1. The Morgan fingerprint density at radius 3 is 2.76 bits per heavy atom. The van der Waals surface area contributed by atoms with Crippen molar-refractivity contribution in [3.8, 4) is 5.75 Å². The molecule has 1 amide bonds. The van der Waals surface area contributed by atoms with Crippen LogP contribution in [0.15, 0.2) is 30.6 Å². The maximum Gasteiger partial charge on any atom is 0.329 e. The van der Waals surface area contributed by atoms with Crippen LogP contribution in [0.5, 0.6) is 5.75 Å². The second-order valence-electron chi connectivity index (χ2n) is 8.81. The number of hydrogen-bond acceptors (Lipinski definition) is 11. The first-order chi connectivity index (χ1) is 18.2. The van der Waals surface area contributed by atoms with Gasteiger partial charge >= 0.3 is 5.97 Å². The lowest BCUT2D eigenvalue weighted by Crippen LogP contribution is -2.49. The molecule has 1 saturated heterocycles.